The van der Waals surface area contributed by atoms with Crippen molar-refractivity contribution in [3.8, 4) is 17.9 Å². The molecule has 134 valence electrons. The normalized spacial score (nSPS) is 19.3. The zero-order valence-corrected chi connectivity index (χ0v) is 15.7. The fraction of sp³-hybridized carbons (Fsp3) is 0.150. The van der Waals surface area contributed by atoms with Crippen molar-refractivity contribution < 1.29 is 4.74 Å². The molecule has 0 spiro atoms. The van der Waals surface area contributed by atoms with Crippen LogP contribution in [0.4, 0.5) is 0 Å². The van der Waals surface area contributed by atoms with Crippen LogP contribution in [0.5, 0.6) is 5.75 Å². The Morgan fingerprint density at radius 1 is 1.15 bits per heavy atom. The molecule has 0 amide bonds. The highest BCUT2D eigenvalue weighted by Gasteiger charge is 2.38. The number of nitrogens with two attached hydrogens (primary N) is 1. The van der Waals surface area contributed by atoms with Gasteiger partial charge in [-0.1, -0.05) is 59.8 Å². The number of para-hydroxylation sites is 1. The summed E-state index contributed by atoms with van der Waals surface area (Å²) in [6.45, 7) is 0.244. The van der Waals surface area contributed by atoms with Gasteiger partial charge in [0.2, 0.25) is 0 Å². The number of ether oxygens (including phenoxy) is 1. The Kier molecular flexibility index (Phi) is 5.71. The monoisotopic (exact) mass is 394 g/mol. The molecule has 7 heteroatoms. The average Bonchev–Trinajstić information content (AvgIpc) is 2.67. The fourth-order valence-corrected chi connectivity index (χ4v) is 3.97. The third kappa shape index (κ3) is 3.78. The highest BCUT2D eigenvalue weighted by Crippen LogP contribution is 2.45. The minimum Gasteiger partial charge on any atom is -0.489 e. The molecule has 1 heterocycles. The number of nitriles is 2. The summed E-state index contributed by atoms with van der Waals surface area (Å²) in [7, 11) is 0. The van der Waals surface area contributed by atoms with E-state index in [9.17, 15) is 10.5 Å². The molecule has 27 heavy (non-hydrogen) atoms. The average molecular weight is 395 g/mol. The van der Waals surface area contributed by atoms with Gasteiger partial charge in [-0.2, -0.15) is 10.5 Å². The molecular formula is C20H15ClN4OS. The summed E-state index contributed by atoms with van der Waals surface area (Å²) in [6.07, 6.45) is 0. The molecule has 2 atom stereocenters. The van der Waals surface area contributed by atoms with Gasteiger partial charge in [-0.3, -0.25) is 5.41 Å². The lowest BCUT2D eigenvalue weighted by atomic mass is 9.81. The van der Waals surface area contributed by atoms with E-state index < -0.39 is 11.8 Å². The number of hydrogen-bond acceptors (Lipinski definition) is 6. The van der Waals surface area contributed by atoms with Crippen LogP contribution in [0.25, 0.3) is 0 Å². The first-order valence-electron chi connectivity index (χ1n) is 8.07. The summed E-state index contributed by atoms with van der Waals surface area (Å²) in [5.41, 5.74) is 7.74. The first-order valence-corrected chi connectivity index (χ1v) is 9.27. The second kappa shape index (κ2) is 8.18. The molecule has 0 unspecified atom stereocenters. The first kappa shape index (κ1) is 18.8. The van der Waals surface area contributed by atoms with Crippen LogP contribution in [0.2, 0.25) is 5.02 Å². The molecule has 1 aliphatic heterocycles. The molecule has 0 radical (unpaired) electrons. The molecule has 0 saturated carbocycles. The fourth-order valence-electron chi connectivity index (χ4n) is 2.94. The maximum atomic E-state index is 9.59. The number of allylic oxidation sites excluding steroid dienone is 1. The van der Waals surface area contributed by atoms with E-state index in [1.165, 1.54) is 0 Å². The first-order chi connectivity index (χ1) is 13.1. The quantitative estimate of drug-likeness (QED) is 0.790. The molecule has 0 aromatic heterocycles. The van der Waals surface area contributed by atoms with Crippen LogP contribution < -0.4 is 10.5 Å². The van der Waals surface area contributed by atoms with Gasteiger partial charge < -0.3 is 10.5 Å². The van der Waals surface area contributed by atoms with E-state index in [0.717, 1.165) is 17.3 Å². The Bertz CT molecular complexity index is 1010. The van der Waals surface area contributed by atoms with Gasteiger partial charge in [-0.05, 0) is 12.1 Å². The van der Waals surface area contributed by atoms with Crippen LogP contribution in [-0.2, 0) is 6.61 Å². The molecule has 2 aromatic rings. The lowest BCUT2D eigenvalue weighted by molar-refractivity contribution is 0.301. The summed E-state index contributed by atoms with van der Waals surface area (Å²) >= 11 is 7.15. The third-order valence-corrected chi connectivity index (χ3v) is 5.55. The van der Waals surface area contributed by atoms with Gasteiger partial charge in [0.15, 0.2) is 0 Å². The Balaban J connectivity index is 2.00. The molecule has 0 bridgehead atoms. The lowest BCUT2D eigenvalue weighted by Gasteiger charge is -2.29. The molecule has 1 aliphatic rings. The van der Waals surface area contributed by atoms with Crippen LogP contribution in [0.3, 0.4) is 0 Å². The van der Waals surface area contributed by atoms with E-state index in [0.29, 0.717) is 16.3 Å². The van der Waals surface area contributed by atoms with Gasteiger partial charge >= 0.3 is 0 Å². The highest BCUT2D eigenvalue weighted by molar-refractivity contribution is 8.17. The smallest absolute Gasteiger partial charge is 0.123 e. The Labute approximate surface area is 166 Å². The standard InChI is InChI=1S/C20H15ClN4OS/c21-16-7-3-1-5-12(16)11-26-17-8-4-2-6-13(17)18-14(9-22)19(24)27-20(25)15(18)10-23/h1-8,14,18,24H,11,25H2/t14-,18+/m0/s1. The Morgan fingerprint density at radius 3 is 2.56 bits per heavy atom. The van der Waals surface area contributed by atoms with E-state index in [2.05, 4.69) is 12.1 Å². The van der Waals surface area contributed by atoms with E-state index in [4.69, 9.17) is 27.5 Å². The summed E-state index contributed by atoms with van der Waals surface area (Å²) in [5.74, 6) is -0.902. The van der Waals surface area contributed by atoms with Crippen molar-refractivity contribution in [3.63, 3.8) is 0 Å². The number of hydrogen-bond donors (Lipinski definition) is 2. The number of halogens is 1. The maximum Gasteiger partial charge on any atom is 0.123 e. The number of rotatable bonds is 4. The van der Waals surface area contributed by atoms with Crippen molar-refractivity contribution in [2.24, 2.45) is 11.7 Å². The topological polar surface area (TPSA) is 107 Å². The SMILES string of the molecule is N#CC1=C(N)SC(=N)[C@@H](C#N)[C@H]1c1ccccc1OCc1ccccc1Cl. The number of benzene rings is 2. The Morgan fingerprint density at radius 2 is 1.85 bits per heavy atom. The van der Waals surface area contributed by atoms with Gasteiger partial charge in [0, 0.05) is 22.1 Å². The summed E-state index contributed by atoms with van der Waals surface area (Å²) < 4.78 is 5.97. The van der Waals surface area contributed by atoms with Gasteiger partial charge in [0.25, 0.3) is 0 Å². The van der Waals surface area contributed by atoms with Crippen molar-refractivity contribution in [1.29, 1.82) is 15.9 Å². The molecule has 3 N–H and O–H groups in total. The second-order valence-electron chi connectivity index (χ2n) is 5.86. The van der Waals surface area contributed by atoms with E-state index in [-0.39, 0.29) is 22.3 Å². The van der Waals surface area contributed by atoms with Crippen molar-refractivity contribution in [2.75, 3.05) is 0 Å². The van der Waals surface area contributed by atoms with E-state index in [1.807, 2.05) is 30.3 Å². The van der Waals surface area contributed by atoms with Gasteiger partial charge in [-0.25, -0.2) is 0 Å². The van der Waals surface area contributed by atoms with Crippen molar-refractivity contribution >= 4 is 28.4 Å². The largest absolute Gasteiger partial charge is 0.489 e. The minimum absolute atomic E-state index is 0.125. The van der Waals surface area contributed by atoms with Crippen LogP contribution >= 0.6 is 23.4 Å². The number of nitrogens with one attached hydrogen (secondary N) is 1. The maximum absolute atomic E-state index is 9.59. The van der Waals surface area contributed by atoms with Crippen molar-refractivity contribution in [3.05, 3.63) is 75.3 Å². The lowest BCUT2D eigenvalue weighted by Crippen LogP contribution is -2.27. The summed E-state index contributed by atoms with van der Waals surface area (Å²) in [4.78, 5) is 0. The second-order valence-corrected chi connectivity index (χ2v) is 7.35. The van der Waals surface area contributed by atoms with Gasteiger partial charge in [0.1, 0.15) is 18.3 Å². The zero-order chi connectivity index (χ0) is 19.4. The minimum atomic E-state index is -0.790. The highest BCUT2D eigenvalue weighted by atomic mass is 35.5. The van der Waals surface area contributed by atoms with Gasteiger partial charge in [-0.15, -0.1) is 0 Å². The predicted molar refractivity (Wildman–Crippen MR) is 106 cm³/mol. The molecular weight excluding hydrogens is 380 g/mol. The predicted octanol–water partition coefficient (Wildman–Crippen LogP) is 4.56. The molecule has 2 aromatic carbocycles. The summed E-state index contributed by atoms with van der Waals surface area (Å²) in [5, 5.41) is 28.3. The van der Waals surface area contributed by atoms with Crippen molar-refractivity contribution in [2.45, 2.75) is 12.5 Å². The molecule has 0 saturated heterocycles. The number of thioether (sulfide) groups is 1. The van der Waals surface area contributed by atoms with Crippen LogP contribution in [-0.4, -0.2) is 5.04 Å². The molecule has 5 nitrogen and oxygen atoms in total. The molecule has 0 aliphatic carbocycles. The molecule has 0 fully saturated rings. The summed E-state index contributed by atoms with van der Waals surface area (Å²) in [6, 6.07) is 18.8. The van der Waals surface area contributed by atoms with Crippen molar-refractivity contribution in [1.82, 2.24) is 0 Å². The van der Waals surface area contributed by atoms with Gasteiger partial charge in [0.05, 0.1) is 27.8 Å². The van der Waals surface area contributed by atoms with Crippen LogP contribution in [0.1, 0.15) is 17.0 Å². The number of nitrogens with zero attached hydrogens (tertiary/aromatic N) is 2. The third-order valence-electron chi connectivity index (χ3n) is 4.27. The molecule has 3 rings (SSSR count). The zero-order valence-electron chi connectivity index (χ0n) is 14.1. The van der Waals surface area contributed by atoms with E-state index >= 15 is 0 Å². The Hall–Kier alpha value is -2.93. The van der Waals surface area contributed by atoms with E-state index in [1.54, 1.807) is 18.2 Å². The van der Waals surface area contributed by atoms with Crippen LogP contribution in [0.15, 0.2) is 59.1 Å². The van der Waals surface area contributed by atoms with Crippen LogP contribution in [0, 0.1) is 34.0 Å².